The van der Waals surface area contributed by atoms with Crippen LogP contribution in [0.25, 0.3) is 10.9 Å². The summed E-state index contributed by atoms with van der Waals surface area (Å²) in [6, 6.07) is 5.33. The van der Waals surface area contributed by atoms with Crippen LogP contribution in [0.3, 0.4) is 0 Å². The zero-order valence-corrected chi connectivity index (χ0v) is 15.3. The molecule has 0 aliphatic heterocycles. The third-order valence-corrected chi connectivity index (χ3v) is 5.29. The van der Waals surface area contributed by atoms with Crippen LogP contribution < -0.4 is 4.74 Å². The predicted octanol–water partition coefficient (Wildman–Crippen LogP) is 4.29. The largest absolute Gasteiger partial charge is 0.506 e. The number of halogens is 3. The van der Waals surface area contributed by atoms with E-state index in [0.717, 1.165) is 11.3 Å². The maximum Gasteiger partial charge on any atom is 0.388 e. The predicted molar refractivity (Wildman–Crippen MR) is 95.4 cm³/mol. The highest BCUT2D eigenvalue weighted by Crippen LogP contribution is 2.38. The highest BCUT2D eigenvalue weighted by Gasteiger charge is 2.25. The van der Waals surface area contributed by atoms with Gasteiger partial charge in [0.25, 0.3) is 5.91 Å². The van der Waals surface area contributed by atoms with E-state index in [2.05, 4.69) is 4.74 Å². The number of nitrogens with zero attached hydrogens (tertiary/aromatic N) is 1. The van der Waals surface area contributed by atoms with Crippen molar-refractivity contribution in [2.45, 2.75) is 20.0 Å². The molecule has 3 aromatic rings. The fraction of sp³-hybridized carbons (Fsp3) is 0.176. The van der Waals surface area contributed by atoms with E-state index < -0.39 is 24.9 Å². The van der Waals surface area contributed by atoms with Crippen LogP contribution in [0, 0.1) is 6.92 Å². The van der Waals surface area contributed by atoms with Crippen molar-refractivity contribution >= 4 is 45.7 Å². The Morgan fingerprint density at radius 3 is 2.63 bits per heavy atom. The minimum absolute atomic E-state index is 0.0636. The first-order chi connectivity index (χ1) is 12.7. The Balaban J connectivity index is 2.18. The summed E-state index contributed by atoms with van der Waals surface area (Å²) in [4.78, 5) is 24.3. The summed E-state index contributed by atoms with van der Waals surface area (Å²) in [5.41, 5.74) is 0.920. The highest BCUT2D eigenvalue weighted by atomic mass is 35.5. The first-order valence-electron chi connectivity index (χ1n) is 7.53. The van der Waals surface area contributed by atoms with Gasteiger partial charge in [-0.3, -0.25) is 14.2 Å². The maximum atomic E-state index is 13.0. The van der Waals surface area contributed by atoms with Gasteiger partial charge in [-0.05, 0) is 36.8 Å². The fourth-order valence-corrected chi connectivity index (χ4v) is 3.91. The summed E-state index contributed by atoms with van der Waals surface area (Å²) in [5.74, 6) is -1.93. The molecule has 27 heavy (non-hydrogen) atoms. The number of carbonyl (C=O) groups is 2. The minimum Gasteiger partial charge on any atom is -0.506 e. The average molecular weight is 416 g/mol. The number of hydrogen-bond acceptors (Lipinski definition) is 5. The number of carboxylic acids is 1. The molecule has 3 rings (SSSR count). The SMILES string of the molecule is Cc1c(CC(=O)O)c2c(Cl)c(O)ccc2n1C(=O)c1ccc(OC(F)F)s1. The number of thiophene rings is 1. The molecular formula is C17H12ClF2NO5S. The minimum atomic E-state index is -3.01. The van der Waals surface area contributed by atoms with Crippen molar-refractivity contribution in [2.75, 3.05) is 0 Å². The summed E-state index contributed by atoms with van der Waals surface area (Å²) >= 11 is 6.88. The van der Waals surface area contributed by atoms with E-state index in [-0.39, 0.29) is 31.7 Å². The fourth-order valence-electron chi connectivity index (χ4n) is 2.85. The van der Waals surface area contributed by atoms with Crippen molar-refractivity contribution < 1.29 is 33.3 Å². The van der Waals surface area contributed by atoms with Gasteiger partial charge in [-0.2, -0.15) is 8.78 Å². The number of alkyl halides is 2. The number of rotatable bonds is 5. The van der Waals surface area contributed by atoms with Crippen LogP contribution in [-0.2, 0) is 11.2 Å². The van der Waals surface area contributed by atoms with Gasteiger partial charge in [0.2, 0.25) is 0 Å². The molecular weight excluding hydrogens is 404 g/mol. The number of ether oxygens (including phenoxy) is 1. The van der Waals surface area contributed by atoms with Crippen molar-refractivity contribution in [3.05, 3.63) is 45.4 Å². The molecule has 0 unspecified atom stereocenters. The number of carbonyl (C=O) groups excluding carboxylic acids is 1. The van der Waals surface area contributed by atoms with Gasteiger partial charge in [-0.15, -0.1) is 0 Å². The highest BCUT2D eigenvalue weighted by molar-refractivity contribution is 7.15. The number of aromatic nitrogens is 1. The summed E-state index contributed by atoms with van der Waals surface area (Å²) in [6.07, 6.45) is -0.407. The lowest BCUT2D eigenvalue weighted by Gasteiger charge is -2.06. The van der Waals surface area contributed by atoms with E-state index in [1.54, 1.807) is 6.92 Å². The lowest BCUT2D eigenvalue weighted by molar-refractivity contribution is -0.136. The Morgan fingerprint density at radius 1 is 1.30 bits per heavy atom. The van der Waals surface area contributed by atoms with Gasteiger partial charge in [0.15, 0.2) is 5.06 Å². The molecule has 2 aromatic heterocycles. The Morgan fingerprint density at radius 2 is 2.00 bits per heavy atom. The van der Waals surface area contributed by atoms with E-state index in [1.165, 1.54) is 28.8 Å². The Kier molecular flexibility index (Phi) is 5.07. The Bertz CT molecular complexity index is 1060. The normalized spacial score (nSPS) is 11.3. The van der Waals surface area contributed by atoms with Crippen LogP contribution in [0.2, 0.25) is 5.02 Å². The molecule has 0 aliphatic rings. The number of phenolic OH excluding ortho intramolecular Hbond substituents is 1. The van der Waals surface area contributed by atoms with Crippen molar-refractivity contribution in [3.63, 3.8) is 0 Å². The lowest BCUT2D eigenvalue weighted by atomic mass is 10.1. The molecule has 0 spiro atoms. The third kappa shape index (κ3) is 3.47. The van der Waals surface area contributed by atoms with Gasteiger partial charge in [0, 0.05) is 11.1 Å². The van der Waals surface area contributed by atoms with E-state index in [0.29, 0.717) is 11.2 Å². The van der Waals surface area contributed by atoms with Gasteiger partial charge < -0.3 is 14.9 Å². The number of fused-ring (bicyclic) bond motifs is 1. The van der Waals surface area contributed by atoms with Crippen LogP contribution >= 0.6 is 22.9 Å². The second kappa shape index (κ2) is 7.16. The monoisotopic (exact) mass is 415 g/mol. The third-order valence-electron chi connectivity index (χ3n) is 3.94. The molecule has 0 saturated heterocycles. The molecule has 0 atom stereocenters. The zero-order chi connectivity index (χ0) is 19.9. The molecule has 1 aromatic carbocycles. The van der Waals surface area contributed by atoms with Gasteiger partial charge in [0.05, 0.1) is 21.8 Å². The summed E-state index contributed by atoms with van der Waals surface area (Å²) < 4.78 is 30.2. The molecule has 0 saturated carbocycles. The molecule has 0 radical (unpaired) electrons. The van der Waals surface area contributed by atoms with Crippen LogP contribution in [0.4, 0.5) is 8.78 Å². The average Bonchev–Trinajstić information content (AvgIpc) is 3.13. The van der Waals surface area contributed by atoms with Crippen molar-refractivity contribution in [1.29, 1.82) is 0 Å². The van der Waals surface area contributed by atoms with Crippen LogP contribution in [0.15, 0.2) is 24.3 Å². The smallest absolute Gasteiger partial charge is 0.388 e. The molecule has 0 fully saturated rings. The number of hydrogen-bond donors (Lipinski definition) is 2. The number of aliphatic carboxylic acids is 1. The first-order valence-corrected chi connectivity index (χ1v) is 8.72. The number of aromatic hydroxyl groups is 1. The summed E-state index contributed by atoms with van der Waals surface area (Å²) in [5, 5.41) is 19.1. The van der Waals surface area contributed by atoms with Gasteiger partial charge in [-0.25, -0.2) is 0 Å². The van der Waals surface area contributed by atoms with Crippen LogP contribution in [0.5, 0.6) is 10.8 Å². The lowest BCUT2D eigenvalue weighted by Crippen LogP contribution is -2.12. The second-order valence-electron chi connectivity index (χ2n) is 5.57. The molecule has 0 amide bonds. The zero-order valence-electron chi connectivity index (χ0n) is 13.7. The van der Waals surface area contributed by atoms with E-state index >= 15 is 0 Å². The maximum absolute atomic E-state index is 13.0. The van der Waals surface area contributed by atoms with Crippen molar-refractivity contribution in [3.8, 4) is 10.8 Å². The molecule has 2 N–H and O–H groups in total. The molecule has 2 heterocycles. The molecule has 6 nitrogen and oxygen atoms in total. The van der Waals surface area contributed by atoms with Crippen LogP contribution in [0.1, 0.15) is 20.9 Å². The standard InChI is InChI=1S/C17H12ClF2NO5S/c1-7-8(6-12(23)24)14-9(2-3-10(22)15(14)18)21(7)16(25)11-4-5-13(27-11)26-17(19)20/h2-5,17,22H,6H2,1H3,(H,23,24). The molecule has 0 aliphatic carbocycles. The van der Waals surface area contributed by atoms with Crippen LogP contribution in [-0.4, -0.2) is 33.3 Å². The van der Waals surface area contributed by atoms with E-state index in [4.69, 9.17) is 11.6 Å². The molecule has 142 valence electrons. The van der Waals surface area contributed by atoms with Crippen molar-refractivity contribution in [2.24, 2.45) is 0 Å². The number of benzene rings is 1. The second-order valence-corrected chi connectivity index (χ2v) is 6.99. The summed E-state index contributed by atoms with van der Waals surface area (Å²) in [7, 11) is 0. The van der Waals surface area contributed by atoms with Gasteiger partial charge in [-0.1, -0.05) is 22.9 Å². The van der Waals surface area contributed by atoms with Gasteiger partial charge in [0.1, 0.15) is 5.75 Å². The number of phenols is 1. The molecule has 0 bridgehead atoms. The Labute approximate surface area is 160 Å². The van der Waals surface area contributed by atoms with Crippen molar-refractivity contribution in [1.82, 2.24) is 4.57 Å². The van der Waals surface area contributed by atoms with E-state index in [1.807, 2.05) is 0 Å². The topological polar surface area (TPSA) is 88.8 Å². The van der Waals surface area contributed by atoms with E-state index in [9.17, 15) is 28.6 Å². The number of carboxylic acid groups (broad SMARTS) is 1. The quantitative estimate of drug-likeness (QED) is 0.649. The van der Waals surface area contributed by atoms with Gasteiger partial charge >= 0.3 is 12.6 Å². The summed E-state index contributed by atoms with van der Waals surface area (Å²) in [6.45, 7) is -1.46. The molecule has 10 heteroatoms. The Hall–Kier alpha value is -2.65. The first kappa shape index (κ1) is 19.1.